The predicted octanol–water partition coefficient (Wildman–Crippen LogP) is 1.09. The van der Waals surface area contributed by atoms with E-state index in [0.29, 0.717) is 5.56 Å². The van der Waals surface area contributed by atoms with Crippen LogP contribution < -0.4 is 0 Å². The van der Waals surface area contributed by atoms with E-state index >= 15 is 0 Å². The van der Waals surface area contributed by atoms with Gasteiger partial charge in [0.05, 0.1) is 4.90 Å². The van der Waals surface area contributed by atoms with E-state index in [9.17, 15) is 8.42 Å². The Balaban J connectivity index is -0.000000403. The first-order chi connectivity index (χ1) is 5.02. The Bertz CT molecular complexity index is 367. The van der Waals surface area contributed by atoms with Crippen molar-refractivity contribution in [3.63, 3.8) is 0 Å². The van der Waals surface area contributed by atoms with Crippen molar-refractivity contribution in [1.82, 2.24) is 0 Å². The summed E-state index contributed by atoms with van der Waals surface area (Å²) < 4.78 is 29.9. The van der Waals surface area contributed by atoms with E-state index in [2.05, 4.69) is 0 Å². The van der Waals surface area contributed by atoms with Crippen LogP contribution in [0.1, 0.15) is 8.42 Å². The molecule has 0 fully saturated rings. The van der Waals surface area contributed by atoms with Crippen LogP contribution in [0.15, 0.2) is 29.2 Å². The molecule has 0 aromatic heterocycles. The number of hydrogen-bond donors (Lipinski definition) is 1. The Morgan fingerprint density at radius 1 is 1.33 bits per heavy atom. The van der Waals surface area contributed by atoms with Crippen LogP contribution >= 0.6 is 0 Å². The molecular formula is C7H10CaO3S. The van der Waals surface area contributed by atoms with E-state index in [4.69, 9.17) is 4.55 Å². The molecule has 0 aliphatic rings. The normalized spacial score (nSPS) is 10.5. The van der Waals surface area contributed by atoms with Crippen LogP contribution in [0.4, 0.5) is 0 Å². The molecule has 0 unspecified atom stereocenters. The topological polar surface area (TPSA) is 54.4 Å². The van der Waals surface area contributed by atoms with Gasteiger partial charge in [0.15, 0.2) is 0 Å². The second-order valence-electron chi connectivity index (χ2n) is 2.24. The third kappa shape index (κ3) is 3.03. The smallest absolute Gasteiger partial charge is 1.00 e. The van der Waals surface area contributed by atoms with Crippen molar-refractivity contribution in [2.75, 3.05) is 0 Å². The summed E-state index contributed by atoms with van der Waals surface area (Å²) in [5.41, 5.74) is 0.551. The van der Waals surface area contributed by atoms with E-state index in [1.165, 1.54) is 6.07 Å². The van der Waals surface area contributed by atoms with Crippen molar-refractivity contribution in [3.8, 4) is 0 Å². The maximum Gasteiger partial charge on any atom is 2.00 e. The van der Waals surface area contributed by atoms with Crippen molar-refractivity contribution < 1.29 is 15.8 Å². The average Bonchev–Trinajstić information content (AvgIpc) is 1.86. The Morgan fingerprint density at radius 3 is 2.17 bits per heavy atom. The Kier molecular flexibility index (Phi) is 4.73. The van der Waals surface area contributed by atoms with Gasteiger partial charge in [0.1, 0.15) is 0 Å². The molecule has 0 atom stereocenters. The van der Waals surface area contributed by atoms with Crippen LogP contribution in [-0.4, -0.2) is 50.7 Å². The largest absolute Gasteiger partial charge is 2.00 e. The molecule has 0 radical (unpaired) electrons. The average molecular weight is 214 g/mol. The van der Waals surface area contributed by atoms with E-state index in [0.717, 1.165) is 0 Å². The van der Waals surface area contributed by atoms with Crippen molar-refractivity contribution in [2.24, 2.45) is 0 Å². The molecule has 0 amide bonds. The molecule has 3 nitrogen and oxygen atoms in total. The van der Waals surface area contributed by atoms with Crippen molar-refractivity contribution in [1.29, 1.82) is 0 Å². The van der Waals surface area contributed by atoms with Gasteiger partial charge in [-0.3, -0.25) is 4.55 Å². The van der Waals surface area contributed by atoms with Gasteiger partial charge in [-0.2, -0.15) is 8.42 Å². The van der Waals surface area contributed by atoms with Gasteiger partial charge in [-0.25, -0.2) is 0 Å². The minimum Gasteiger partial charge on any atom is -1.00 e. The summed E-state index contributed by atoms with van der Waals surface area (Å²) in [5.74, 6) is 0. The summed E-state index contributed by atoms with van der Waals surface area (Å²) in [7, 11) is -4.03. The maximum absolute atomic E-state index is 10.6. The predicted molar refractivity (Wildman–Crippen MR) is 49.0 cm³/mol. The monoisotopic (exact) mass is 214 g/mol. The van der Waals surface area contributed by atoms with E-state index in [1.54, 1.807) is 25.1 Å². The van der Waals surface area contributed by atoms with Gasteiger partial charge < -0.3 is 2.85 Å². The third-order valence-corrected chi connectivity index (χ3v) is 2.39. The molecule has 0 saturated heterocycles. The van der Waals surface area contributed by atoms with E-state index < -0.39 is 10.1 Å². The number of aryl methyl sites for hydroxylation is 1. The first kappa shape index (κ1) is 12.4. The summed E-state index contributed by atoms with van der Waals surface area (Å²) >= 11 is 0. The minimum absolute atomic E-state index is 0. The third-order valence-electron chi connectivity index (χ3n) is 1.37. The molecule has 0 aliphatic carbocycles. The fraction of sp³-hybridized carbons (Fsp3) is 0.143. The molecular weight excluding hydrogens is 204 g/mol. The van der Waals surface area contributed by atoms with E-state index in [-0.39, 0.29) is 45.5 Å². The fourth-order valence-electron chi connectivity index (χ4n) is 0.846. The summed E-state index contributed by atoms with van der Waals surface area (Å²) in [6.07, 6.45) is 0. The molecule has 64 valence electrons. The van der Waals surface area contributed by atoms with Crippen LogP contribution in [0.3, 0.4) is 0 Å². The van der Waals surface area contributed by atoms with Crippen LogP contribution in [0, 0.1) is 6.92 Å². The van der Waals surface area contributed by atoms with Gasteiger partial charge in [0.2, 0.25) is 0 Å². The number of benzene rings is 1. The van der Waals surface area contributed by atoms with Crippen molar-refractivity contribution in [3.05, 3.63) is 29.8 Å². The standard InChI is InChI=1S/C7H8O3S.Ca.2H/c1-6-4-2-3-5-7(6)11(8,9)10;;;/h2-5H,1H3,(H,8,9,10);;;/q;+2;2*-1. The van der Waals surface area contributed by atoms with Gasteiger partial charge in [0.25, 0.3) is 10.1 Å². The molecule has 0 bridgehead atoms. The summed E-state index contributed by atoms with van der Waals surface area (Å²) in [4.78, 5) is -0.0278. The van der Waals surface area contributed by atoms with Crippen LogP contribution in [0.25, 0.3) is 0 Å². The molecule has 0 spiro atoms. The van der Waals surface area contributed by atoms with Crippen LogP contribution in [0.2, 0.25) is 0 Å². The Morgan fingerprint density at radius 2 is 1.83 bits per heavy atom. The van der Waals surface area contributed by atoms with Gasteiger partial charge in [0, 0.05) is 0 Å². The van der Waals surface area contributed by atoms with Crippen molar-refractivity contribution in [2.45, 2.75) is 11.8 Å². The van der Waals surface area contributed by atoms with Gasteiger partial charge in [-0.05, 0) is 18.6 Å². The zero-order chi connectivity index (χ0) is 8.48. The van der Waals surface area contributed by atoms with Crippen LogP contribution in [0.5, 0.6) is 0 Å². The maximum atomic E-state index is 10.6. The first-order valence-electron chi connectivity index (χ1n) is 3.05. The van der Waals surface area contributed by atoms with Crippen molar-refractivity contribution >= 4 is 47.9 Å². The molecule has 0 heterocycles. The fourth-order valence-corrected chi connectivity index (χ4v) is 1.57. The van der Waals surface area contributed by atoms with Crippen LogP contribution in [-0.2, 0) is 10.1 Å². The molecule has 0 saturated carbocycles. The molecule has 1 aromatic carbocycles. The molecule has 5 heteroatoms. The summed E-state index contributed by atoms with van der Waals surface area (Å²) in [5, 5.41) is 0. The van der Waals surface area contributed by atoms with Gasteiger partial charge >= 0.3 is 37.7 Å². The Labute approximate surface area is 105 Å². The summed E-state index contributed by atoms with van der Waals surface area (Å²) in [6, 6.07) is 6.27. The quantitative estimate of drug-likeness (QED) is 0.562. The second kappa shape index (κ2) is 4.58. The van der Waals surface area contributed by atoms with E-state index in [1.807, 2.05) is 0 Å². The molecule has 0 aliphatic heterocycles. The minimum atomic E-state index is -4.03. The number of hydrogen-bond acceptors (Lipinski definition) is 2. The summed E-state index contributed by atoms with van der Waals surface area (Å²) in [6.45, 7) is 1.63. The zero-order valence-electron chi connectivity index (χ0n) is 8.69. The SMILES string of the molecule is Cc1ccccc1S(=O)(=O)O.[Ca+2].[H-].[H-]. The zero-order valence-corrected chi connectivity index (χ0v) is 9.71. The first-order valence-corrected chi connectivity index (χ1v) is 4.49. The molecule has 1 rings (SSSR count). The number of rotatable bonds is 1. The Hall–Kier alpha value is 0.390. The molecule has 1 aromatic rings. The van der Waals surface area contributed by atoms with Gasteiger partial charge in [-0.15, -0.1) is 0 Å². The second-order valence-corrected chi connectivity index (χ2v) is 3.63. The molecule has 1 N–H and O–H groups in total. The van der Waals surface area contributed by atoms with Gasteiger partial charge in [-0.1, -0.05) is 18.2 Å². The molecule has 12 heavy (non-hydrogen) atoms.